The van der Waals surface area contributed by atoms with E-state index in [0.717, 1.165) is 11.3 Å². The third-order valence-electron chi connectivity index (χ3n) is 2.66. The summed E-state index contributed by atoms with van der Waals surface area (Å²) in [6.07, 6.45) is 0.993. The number of hydrogen-bond acceptors (Lipinski definition) is 5. The van der Waals surface area contributed by atoms with Gasteiger partial charge in [-0.3, -0.25) is 0 Å². The molecule has 2 amide bonds. The van der Waals surface area contributed by atoms with Crippen molar-refractivity contribution < 1.29 is 14.7 Å². The van der Waals surface area contributed by atoms with Crippen LogP contribution in [0.2, 0.25) is 0 Å². The van der Waals surface area contributed by atoms with Crippen molar-refractivity contribution in [2.75, 3.05) is 0 Å². The molecule has 0 saturated carbocycles. The van der Waals surface area contributed by atoms with E-state index in [1.54, 1.807) is 11.3 Å². The number of thiophene rings is 1. The molecule has 0 unspecified atom stereocenters. The number of carboxylic acids is 1. The smallest absolute Gasteiger partial charge is 0.355 e. The summed E-state index contributed by atoms with van der Waals surface area (Å²) in [6.45, 7) is 2.79. The Morgan fingerprint density at radius 2 is 1.95 bits per heavy atom. The van der Waals surface area contributed by atoms with Gasteiger partial charge in [-0.25, -0.2) is 14.6 Å². The zero-order valence-electron chi connectivity index (χ0n) is 11.4. The summed E-state index contributed by atoms with van der Waals surface area (Å²) in [5.74, 6) is -1.06. The van der Waals surface area contributed by atoms with E-state index < -0.39 is 5.97 Å². The van der Waals surface area contributed by atoms with Crippen LogP contribution in [0.5, 0.6) is 0 Å². The number of nitrogens with one attached hydrogen (secondary N) is 2. The summed E-state index contributed by atoms with van der Waals surface area (Å²) in [5.41, 5.74) is 0.00267. The van der Waals surface area contributed by atoms with Crippen LogP contribution in [-0.4, -0.2) is 22.1 Å². The summed E-state index contributed by atoms with van der Waals surface area (Å²) in [6, 6.07) is 3.76. The average molecular weight is 325 g/mol. The minimum Gasteiger partial charge on any atom is -0.476 e. The Morgan fingerprint density at radius 3 is 2.57 bits per heavy atom. The van der Waals surface area contributed by atoms with Crippen LogP contribution in [0.25, 0.3) is 0 Å². The molecule has 2 aromatic rings. The maximum Gasteiger partial charge on any atom is 0.355 e. The van der Waals surface area contributed by atoms with Crippen LogP contribution in [0, 0.1) is 0 Å². The van der Waals surface area contributed by atoms with E-state index in [2.05, 4.69) is 28.6 Å². The quantitative estimate of drug-likeness (QED) is 0.761. The van der Waals surface area contributed by atoms with Crippen LogP contribution < -0.4 is 10.6 Å². The third-order valence-corrected chi connectivity index (χ3v) is 4.74. The number of thiazole rings is 1. The lowest BCUT2D eigenvalue weighted by Gasteiger charge is -2.04. The van der Waals surface area contributed by atoms with Crippen molar-refractivity contribution in [3.63, 3.8) is 0 Å². The first kappa shape index (κ1) is 15.5. The maximum atomic E-state index is 11.6. The van der Waals surface area contributed by atoms with E-state index in [4.69, 9.17) is 5.11 Å². The summed E-state index contributed by atoms with van der Waals surface area (Å²) < 4.78 is 0. The predicted molar refractivity (Wildman–Crippen MR) is 81.8 cm³/mol. The second kappa shape index (κ2) is 7.19. The molecule has 8 heteroatoms. The summed E-state index contributed by atoms with van der Waals surface area (Å²) in [4.78, 5) is 28.6. The molecule has 0 aliphatic carbocycles. The predicted octanol–water partition coefficient (Wildman–Crippen LogP) is 2.46. The Kier molecular flexibility index (Phi) is 5.29. The first-order chi connectivity index (χ1) is 10.1. The first-order valence-corrected chi connectivity index (χ1v) is 8.05. The molecule has 0 aliphatic rings. The highest BCUT2D eigenvalue weighted by atomic mass is 32.1. The van der Waals surface area contributed by atoms with Crippen LogP contribution >= 0.6 is 22.7 Å². The standard InChI is InChI=1S/C13H15N3O3S2/c1-2-8-3-4-9(21-8)5-14-13(19)15-6-11-16-10(7-20-11)12(17)18/h3-4,7H,2,5-6H2,1H3,(H,17,18)(H2,14,15,19). The van der Waals surface area contributed by atoms with Crippen molar-refractivity contribution in [1.29, 1.82) is 0 Å². The van der Waals surface area contributed by atoms with E-state index in [0.29, 0.717) is 11.6 Å². The molecule has 112 valence electrons. The van der Waals surface area contributed by atoms with E-state index >= 15 is 0 Å². The van der Waals surface area contributed by atoms with Gasteiger partial charge in [0.1, 0.15) is 5.01 Å². The lowest BCUT2D eigenvalue weighted by molar-refractivity contribution is 0.0691. The number of nitrogens with zero attached hydrogens (tertiary/aromatic N) is 1. The number of hydrogen-bond donors (Lipinski definition) is 3. The Bertz CT molecular complexity index is 636. The fourth-order valence-corrected chi connectivity index (χ4v) is 3.19. The van der Waals surface area contributed by atoms with Crippen molar-refractivity contribution in [3.8, 4) is 0 Å². The molecule has 0 saturated heterocycles. The molecule has 21 heavy (non-hydrogen) atoms. The summed E-state index contributed by atoms with van der Waals surface area (Å²) in [7, 11) is 0. The van der Waals surface area contributed by atoms with Gasteiger partial charge in [-0.2, -0.15) is 0 Å². The van der Waals surface area contributed by atoms with E-state index in [1.807, 2.05) is 6.07 Å². The third kappa shape index (κ3) is 4.54. The molecular weight excluding hydrogens is 310 g/mol. The van der Waals surface area contributed by atoms with Crippen molar-refractivity contribution in [3.05, 3.63) is 38.0 Å². The van der Waals surface area contributed by atoms with Gasteiger partial charge >= 0.3 is 12.0 Å². The zero-order valence-corrected chi connectivity index (χ0v) is 13.0. The number of carbonyl (C=O) groups is 2. The summed E-state index contributed by atoms with van der Waals surface area (Å²) in [5, 5.41) is 16.2. The molecule has 0 fully saturated rings. The molecule has 6 nitrogen and oxygen atoms in total. The van der Waals surface area contributed by atoms with Crippen LogP contribution in [0.15, 0.2) is 17.5 Å². The lowest BCUT2D eigenvalue weighted by Crippen LogP contribution is -2.34. The van der Waals surface area contributed by atoms with Gasteiger partial charge in [-0.1, -0.05) is 6.92 Å². The molecule has 0 aromatic carbocycles. The van der Waals surface area contributed by atoms with E-state index in [9.17, 15) is 9.59 Å². The molecule has 0 aliphatic heterocycles. The van der Waals surface area contributed by atoms with Crippen molar-refractivity contribution in [2.24, 2.45) is 0 Å². The largest absolute Gasteiger partial charge is 0.476 e. The van der Waals surface area contributed by atoms with E-state index in [-0.39, 0.29) is 18.3 Å². The fourth-order valence-electron chi connectivity index (χ4n) is 1.58. The average Bonchev–Trinajstić information content (AvgIpc) is 3.11. The molecule has 0 spiro atoms. The van der Waals surface area contributed by atoms with Gasteiger partial charge in [0.15, 0.2) is 5.69 Å². The molecule has 2 rings (SSSR count). The minimum atomic E-state index is -1.06. The van der Waals surface area contributed by atoms with Gasteiger partial charge in [0.2, 0.25) is 0 Å². The van der Waals surface area contributed by atoms with Gasteiger partial charge in [-0.15, -0.1) is 22.7 Å². The molecule has 2 heterocycles. The minimum absolute atomic E-state index is 0.00267. The van der Waals surface area contributed by atoms with Gasteiger partial charge < -0.3 is 15.7 Å². The lowest BCUT2D eigenvalue weighted by atomic mass is 10.4. The highest BCUT2D eigenvalue weighted by Gasteiger charge is 2.09. The number of aromatic carboxylic acids is 1. The van der Waals surface area contributed by atoms with Crippen molar-refractivity contribution >= 4 is 34.7 Å². The number of aromatic nitrogens is 1. The number of amides is 2. The Hall–Kier alpha value is -1.93. The van der Waals surface area contributed by atoms with Crippen LogP contribution in [0.4, 0.5) is 4.79 Å². The van der Waals surface area contributed by atoms with Crippen LogP contribution in [-0.2, 0) is 19.5 Å². The van der Waals surface area contributed by atoms with E-state index in [1.165, 1.54) is 21.6 Å². The molecule has 0 bridgehead atoms. The Balaban J connectivity index is 1.75. The first-order valence-electron chi connectivity index (χ1n) is 6.35. The zero-order chi connectivity index (χ0) is 15.2. The summed E-state index contributed by atoms with van der Waals surface area (Å²) >= 11 is 2.89. The van der Waals surface area contributed by atoms with Gasteiger partial charge in [0, 0.05) is 15.1 Å². The molecule has 0 atom stereocenters. The van der Waals surface area contributed by atoms with Gasteiger partial charge in [0.05, 0.1) is 13.1 Å². The molecular formula is C13H15N3O3S2. The maximum absolute atomic E-state index is 11.6. The topological polar surface area (TPSA) is 91.3 Å². The second-order valence-corrected chi connectivity index (χ2v) is 6.38. The normalized spacial score (nSPS) is 10.3. The van der Waals surface area contributed by atoms with Gasteiger partial charge in [-0.05, 0) is 18.6 Å². The van der Waals surface area contributed by atoms with Crippen molar-refractivity contribution in [2.45, 2.75) is 26.4 Å². The van der Waals surface area contributed by atoms with Gasteiger partial charge in [0.25, 0.3) is 0 Å². The van der Waals surface area contributed by atoms with Crippen LogP contribution in [0.3, 0.4) is 0 Å². The number of urea groups is 1. The number of carboxylic acid groups (broad SMARTS) is 1. The second-order valence-electron chi connectivity index (χ2n) is 4.19. The molecule has 2 aromatic heterocycles. The Morgan fingerprint density at radius 1 is 1.24 bits per heavy atom. The molecule has 0 radical (unpaired) electrons. The highest BCUT2D eigenvalue weighted by Crippen LogP contribution is 2.16. The monoisotopic (exact) mass is 325 g/mol. The van der Waals surface area contributed by atoms with Crippen LogP contribution in [0.1, 0.15) is 32.2 Å². The Labute approximate surface area is 129 Å². The van der Waals surface area contributed by atoms with Crippen molar-refractivity contribution in [1.82, 2.24) is 15.6 Å². The highest BCUT2D eigenvalue weighted by molar-refractivity contribution is 7.12. The number of rotatable bonds is 6. The number of carbonyl (C=O) groups excluding carboxylic acids is 1. The fraction of sp³-hybridized carbons (Fsp3) is 0.308. The molecule has 3 N–H and O–H groups in total. The SMILES string of the molecule is CCc1ccc(CNC(=O)NCc2nc(C(=O)O)cs2)s1. The number of aryl methyl sites for hydroxylation is 1.